The highest BCUT2D eigenvalue weighted by molar-refractivity contribution is 7.19. The van der Waals surface area contributed by atoms with E-state index in [9.17, 15) is 4.39 Å². The van der Waals surface area contributed by atoms with E-state index in [1.165, 1.54) is 10.9 Å². The van der Waals surface area contributed by atoms with Gasteiger partial charge in [-0.05, 0) is 49.2 Å². The smallest absolute Gasteiger partial charge is 0.123 e. The summed E-state index contributed by atoms with van der Waals surface area (Å²) < 4.78 is 14.2. The SMILES string of the molecule is CC(C)NCCCNCc1cc2cc(F)ccc2s1. The second kappa shape index (κ2) is 6.98. The van der Waals surface area contributed by atoms with Crippen molar-refractivity contribution in [1.82, 2.24) is 10.6 Å². The molecule has 1 aromatic heterocycles. The van der Waals surface area contributed by atoms with Crippen molar-refractivity contribution in [2.24, 2.45) is 0 Å². The number of hydrogen-bond donors (Lipinski definition) is 2. The van der Waals surface area contributed by atoms with Gasteiger partial charge in [0.25, 0.3) is 0 Å². The Hall–Kier alpha value is -0.970. The van der Waals surface area contributed by atoms with E-state index in [0.29, 0.717) is 6.04 Å². The topological polar surface area (TPSA) is 24.1 Å². The van der Waals surface area contributed by atoms with E-state index in [0.717, 1.165) is 36.1 Å². The van der Waals surface area contributed by atoms with Crippen LogP contribution in [0.3, 0.4) is 0 Å². The molecule has 0 fully saturated rings. The minimum Gasteiger partial charge on any atom is -0.314 e. The molecule has 0 saturated heterocycles. The highest BCUT2D eigenvalue weighted by atomic mass is 32.1. The lowest BCUT2D eigenvalue weighted by Crippen LogP contribution is -2.26. The molecular weight excluding hydrogens is 259 g/mol. The molecule has 2 N–H and O–H groups in total. The molecule has 19 heavy (non-hydrogen) atoms. The summed E-state index contributed by atoms with van der Waals surface area (Å²) in [6.07, 6.45) is 1.12. The maximum absolute atomic E-state index is 13.1. The molecule has 0 unspecified atom stereocenters. The van der Waals surface area contributed by atoms with Crippen LogP contribution in [0.5, 0.6) is 0 Å². The number of rotatable bonds is 7. The Morgan fingerprint density at radius 1 is 1.21 bits per heavy atom. The Kier molecular flexibility index (Phi) is 5.31. The standard InChI is InChI=1S/C15H21FN2S/c1-11(2)18-7-3-6-17-10-14-9-12-8-13(16)4-5-15(12)19-14/h4-5,8-9,11,17-18H,3,6-7,10H2,1-2H3. The van der Waals surface area contributed by atoms with Crippen molar-refractivity contribution in [1.29, 1.82) is 0 Å². The molecule has 0 radical (unpaired) electrons. The first-order valence-corrected chi connectivity index (χ1v) is 7.59. The molecule has 2 nitrogen and oxygen atoms in total. The van der Waals surface area contributed by atoms with E-state index in [1.807, 2.05) is 6.07 Å². The number of halogens is 1. The highest BCUT2D eigenvalue weighted by Gasteiger charge is 2.02. The first-order chi connectivity index (χ1) is 9.15. The van der Waals surface area contributed by atoms with Gasteiger partial charge in [-0.25, -0.2) is 4.39 Å². The maximum Gasteiger partial charge on any atom is 0.123 e. The Morgan fingerprint density at radius 3 is 2.84 bits per heavy atom. The summed E-state index contributed by atoms with van der Waals surface area (Å²) in [6, 6.07) is 7.60. The van der Waals surface area contributed by atoms with Gasteiger partial charge >= 0.3 is 0 Å². The summed E-state index contributed by atoms with van der Waals surface area (Å²) >= 11 is 1.73. The molecule has 2 rings (SSSR count). The quantitative estimate of drug-likeness (QED) is 0.758. The van der Waals surface area contributed by atoms with Gasteiger partial charge in [-0.2, -0.15) is 0 Å². The summed E-state index contributed by atoms with van der Waals surface area (Å²) in [7, 11) is 0. The molecular formula is C15H21FN2S. The van der Waals surface area contributed by atoms with Gasteiger partial charge in [-0.1, -0.05) is 13.8 Å². The number of fused-ring (bicyclic) bond motifs is 1. The Labute approximate surface area is 118 Å². The van der Waals surface area contributed by atoms with E-state index in [2.05, 4.69) is 30.5 Å². The average molecular weight is 280 g/mol. The molecule has 2 aromatic rings. The summed E-state index contributed by atoms with van der Waals surface area (Å²) in [6.45, 7) is 7.22. The second-order valence-electron chi connectivity index (χ2n) is 5.03. The molecule has 104 valence electrons. The van der Waals surface area contributed by atoms with Gasteiger partial charge in [0.05, 0.1) is 0 Å². The van der Waals surface area contributed by atoms with Crippen LogP contribution in [-0.2, 0) is 6.54 Å². The lowest BCUT2D eigenvalue weighted by atomic mass is 10.2. The van der Waals surface area contributed by atoms with Gasteiger partial charge in [0, 0.05) is 22.2 Å². The minimum atomic E-state index is -0.162. The molecule has 4 heteroatoms. The normalized spacial score (nSPS) is 11.6. The first-order valence-electron chi connectivity index (χ1n) is 6.77. The van der Waals surface area contributed by atoms with Gasteiger partial charge in [-0.15, -0.1) is 11.3 Å². The van der Waals surface area contributed by atoms with Crippen LogP contribution in [0.1, 0.15) is 25.1 Å². The predicted molar refractivity (Wildman–Crippen MR) is 81.2 cm³/mol. The largest absolute Gasteiger partial charge is 0.314 e. The Balaban J connectivity index is 1.75. The predicted octanol–water partition coefficient (Wildman–Crippen LogP) is 3.52. The first kappa shape index (κ1) is 14.4. The van der Waals surface area contributed by atoms with Crippen LogP contribution < -0.4 is 10.6 Å². The summed E-state index contributed by atoms with van der Waals surface area (Å²) in [5, 5.41) is 7.82. The lowest BCUT2D eigenvalue weighted by molar-refractivity contribution is 0.548. The number of hydrogen-bond acceptors (Lipinski definition) is 3. The molecule has 0 aliphatic carbocycles. The van der Waals surface area contributed by atoms with E-state index >= 15 is 0 Å². The number of nitrogens with one attached hydrogen (secondary N) is 2. The van der Waals surface area contributed by atoms with E-state index in [4.69, 9.17) is 0 Å². The fourth-order valence-corrected chi connectivity index (χ4v) is 2.99. The average Bonchev–Trinajstić information content (AvgIpc) is 2.75. The Morgan fingerprint density at radius 2 is 2.05 bits per heavy atom. The van der Waals surface area contributed by atoms with Crippen LogP contribution in [-0.4, -0.2) is 19.1 Å². The third-order valence-corrected chi connectivity index (χ3v) is 4.03. The molecule has 0 aliphatic rings. The second-order valence-corrected chi connectivity index (χ2v) is 6.20. The van der Waals surface area contributed by atoms with E-state index in [1.54, 1.807) is 17.4 Å². The minimum absolute atomic E-state index is 0.162. The van der Waals surface area contributed by atoms with Crippen molar-refractivity contribution in [3.05, 3.63) is 35.0 Å². The summed E-state index contributed by atoms with van der Waals surface area (Å²) in [5.41, 5.74) is 0. The molecule has 0 atom stereocenters. The fourth-order valence-electron chi connectivity index (χ4n) is 1.97. The van der Waals surface area contributed by atoms with Crippen LogP contribution in [0.25, 0.3) is 10.1 Å². The molecule has 0 saturated carbocycles. The lowest BCUT2D eigenvalue weighted by Gasteiger charge is -2.07. The molecule has 0 bridgehead atoms. The summed E-state index contributed by atoms with van der Waals surface area (Å²) in [5.74, 6) is -0.162. The Bertz CT molecular complexity index is 522. The van der Waals surface area contributed by atoms with Crippen LogP contribution in [0.2, 0.25) is 0 Å². The van der Waals surface area contributed by atoms with Crippen LogP contribution in [0.4, 0.5) is 4.39 Å². The van der Waals surface area contributed by atoms with Crippen LogP contribution in [0, 0.1) is 5.82 Å². The van der Waals surface area contributed by atoms with Crippen molar-refractivity contribution in [2.45, 2.75) is 32.9 Å². The zero-order valence-corrected chi connectivity index (χ0v) is 12.3. The van der Waals surface area contributed by atoms with E-state index in [-0.39, 0.29) is 5.82 Å². The van der Waals surface area contributed by atoms with Gasteiger partial charge in [-0.3, -0.25) is 0 Å². The van der Waals surface area contributed by atoms with Gasteiger partial charge < -0.3 is 10.6 Å². The van der Waals surface area contributed by atoms with Gasteiger partial charge in [0.15, 0.2) is 0 Å². The molecule has 0 amide bonds. The third-order valence-electron chi connectivity index (χ3n) is 2.91. The van der Waals surface area contributed by atoms with Crippen molar-refractivity contribution < 1.29 is 4.39 Å². The molecule has 1 aromatic carbocycles. The number of thiophene rings is 1. The van der Waals surface area contributed by atoms with Crippen molar-refractivity contribution in [3.63, 3.8) is 0 Å². The zero-order chi connectivity index (χ0) is 13.7. The molecule has 0 aliphatic heterocycles. The fraction of sp³-hybridized carbons (Fsp3) is 0.467. The van der Waals surface area contributed by atoms with Crippen molar-refractivity contribution in [3.8, 4) is 0 Å². The number of benzene rings is 1. The molecule has 1 heterocycles. The van der Waals surface area contributed by atoms with Crippen LogP contribution >= 0.6 is 11.3 Å². The third kappa shape index (κ3) is 4.56. The monoisotopic (exact) mass is 280 g/mol. The van der Waals surface area contributed by atoms with Gasteiger partial charge in [0.2, 0.25) is 0 Å². The maximum atomic E-state index is 13.1. The van der Waals surface area contributed by atoms with Gasteiger partial charge in [0.1, 0.15) is 5.82 Å². The summed E-state index contributed by atoms with van der Waals surface area (Å²) in [4.78, 5) is 1.26. The molecule has 0 spiro atoms. The van der Waals surface area contributed by atoms with E-state index < -0.39 is 0 Å². The van der Waals surface area contributed by atoms with Crippen molar-refractivity contribution >= 4 is 21.4 Å². The van der Waals surface area contributed by atoms with Crippen LogP contribution in [0.15, 0.2) is 24.3 Å². The zero-order valence-electron chi connectivity index (χ0n) is 11.5. The highest BCUT2D eigenvalue weighted by Crippen LogP contribution is 2.26. The van der Waals surface area contributed by atoms with Crippen molar-refractivity contribution in [2.75, 3.05) is 13.1 Å².